The van der Waals surface area contributed by atoms with E-state index < -0.39 is 0 Å². The molecular weight excluding hydrogens is 289 g/mol. The van der Waals surface area contributed by atoms with Crippen LogP contribution >= 0.6 is 15.9 Å². The van der Waals surface area contributed by atoms with Crippen LogP contribution < -0.4 is 14.8 Å². The highest BCUT2D eigenvalue weighted by Crippen LogP contribution is 2.43. The molecule has 1 N–H and O–H groups in total. The molecule has 0 saturated carbocycles. The topological polar surface area (TPSA) is 30.5 Å². The molecule has 0 aliphatic carbocycles. The van der Waals surface area contributed by atoms with E-state index >= 15 is 0 Å². The standard InChI is InChI=1S/C12H13BrFNO2/c13-7-5-9-12(17-6-16-9)11(14)10(7)8-3-1-2-4-15-8/h5,8,15H,1-4,6H2. The number of nitrogens with one attached hydrogen (secondary N) is 1. The molecule has 1 fully saturated rings. The largest absolute Gasteiger partial charge is 0.453 e. The van der Waals surface area contributed by atoms with Crippen molar-refractivity contribution in [3.8, 4) is 11.5 Å². The van der Waals surface area contributed by atoms with E-state index in [9.17, 15) is 4.39 Å². The van der Waals surface area contributed by atoms with Crippen molar-refractivity contribution in [2.24, 2.45) is 0 Å². The maximum atomic E-state index is 14.3. The summed E-state index contributed by atoms with van der Waals surface area (Å²) in [5, 5.41) is 3.34. The van der Waals surface area contributed by atoms with Crippen LogP contribution in [0.5, 0.6) is 11.5 Å². The second-order valence-electron chi connectivity index (χ2n) is 4.32. The molecule has 17 heavy (non-hydrogen) atoms. The molecule has 1 aromatic carbocycles. The molecule has 0 aromatic heterocycles. The molecule has 0 spiro atoms. The summed E-state index contributed by atoms with van der Waals surface area (Å²) in [7, 11) is 0. The molecule has 0 amide bonds. The summed E-state index contributed by atoms with van der Waals surface area (Å²) in [5.41, 5.74) is 0.661. The zero-order valence-corrected chi connectivity index (χ0v) is 10.8. The number of piperidine rings is 1. The maximum absolute atomic E-state index is 14.3. The van der Waals surface area contributed by atoms with Crippen LogP contribution in [0.15, 0.2) is 10.5 Å². The molecule has 0 bridgehead atoms. The summed E-state index contributed by atoms with van der Waals surface area (Å²) < 4.78 is 25.5. The quantitative estimate of drug-likeness (QED) is 0.864. The summed E-state index contributed by atoms with van der Waals surface area (Å²) in [6.07, 6.45) is 3.23. The lowest BCUT2D eigenvalue weighted by Gasteiger charge is -2.25. The Morgan fingerprint density at radius 3 is 3.00 bits per heavy atom. The number of hydrogen-bond acceptors (Lipinski definition) is 3. The Hall–Kier alpha value is -0.810. The molecule has 92 valence electrons. The fraction of sp³-hybridized carbons (Fsp3) is 0.500. The number of hydrogen-bond donors (Lipinski definition) is 1. The molecule has 3 nitrogen and oxygen atoms in total. The SMILES string of the molecule is Fc1c2c(cc(Br)c1C1CCCCN1)OCO2. The lowest BCUT2D eigenvalue weighted by Crippen LogP contribution is -2.27. The van der Waals surface area contributed by atoms with E-state index in [-0.39, 0.29) is 24.4 Å². The molecule has 1 aromatic rings. The zero-order valence-electron chi connectivity index (χ0n) is 9.26. The van der Waals surface area contributed by atoms with Gasteiger partial charge in [0.1, 0.15) is 0 Å². The van der Waals surface area contributed by atoms with Gasteiger partial charge in [-0.3, -0.25) is 0 Å². The van der Waals surface area contributed by atoms with Gasteiger partial charge in [-0.1, -0.05) is 22.4 Å². The van der Waals surface area contributed by atoms with Gasteiger partial charge >= 0.3 is 0 Å². The van der Waals surface area contributed by atoms with Crippen LogP contribution in [0.3, 0.4) is 0 Å². The minimum Gasteiger partial charge on any atom is -0.453 e. The van der Waals surface area contributed by atoms with Crippen molar-refractivity contribution in [3.63, 3.8) is 0 Å². The van der Waals surface area contributed by atoms with Crippen LogP contribution in [0, 0.1) is 5.82 Å². The normalized spacial score (nSPS) is 22.8. The maximum Gasteiger partial charge on any atom is 0.231 e. The predicted molar refractivity (Wildman–Crippen MR) is 64.8 cm³/mol. The summed E-state index contributed by atoms with van der Waals surface area (Å²) in [6.45, 7) is 1.03. The molecule has 0 radical (unpaired) electrons. The van der Waals surface area contributed by atoms with Crippen LogP contribution in [-0.4, -0.2) is 13.3 Å². The summed E-state index contributed by atoms with van der Waals surface area (Å²) in [4.78, 5) is 0. The molecule has 5 heteroatoms. The van der Waals surface area contributed by atoms with Crippen molar-refractivity contribution in [1.82, 2.24) is 5.32 Å². The Bertz CT molecular complexity index is 447. The van der Waals surface area contributed by atoms with Gasteiger partial charge in [-0.15, -0.1) is 0 Å². The fourth-order valence-electron chi connectivity index (χ4n) is 2.40. The van der Waals surface area contributed by atoms with Gasteiger partial charge in [0.15, 0.2) is 11.6 Å². The van der Waals surface area contributed by atoms with Crippen molar-refractivity contribution in [3.05, 3.63) is 21.9 Å². The highest BCUT2D eigenvalue weighted by molar-refractivity contribution is 9.10. The summed E-state index contributed by atoms with van der Waals surface area (Å²) in [5.74, 6) is 0.427. The molecule has 2 heterocycles. The van der Waals surface area contributed by atoms with E-state index in [0.29, 0.717) is 11.3 Å². The van der Waals surface area contributed by atoms with E-state index in [1.165, 1.54) is 0 Å². The molecule has 2 aliphatic heterocycles. The minimum absolute atomic E-state index is 0.0626. The minimum atomic E-state index is -0.300. The van der Waals surface area contributed by atoms with Crippen LogP contribution in [-0.2, 0) is 0 Å². The van der Waals surface area contributed by atoms with Crippen molar-refractivity contribution in [1.29, 1.82) is 0 Å². The van der Waals surface area contributed by atoms with Gasteiger partial charge in [-0.25, -0.2) is 4.39 Å². The second kappa shape index (κ2) is 4.46. The third-order valence-electron chi connectivity index (χ3n) is 3.25. The highest BCUT2D eigenvalue weighted by atomic mass is 79.9. The first-order valence-corrected chi connectivity index (χ1v) is 6.57. The number of halogens is 2. The van der Waals surface area contributed by atoms with Crippen molar-refractivity contribution < 1.29 is 13.9 Å². The molecule has 1 saturated heterocycles. The van der Waals surface area contributed by atoms with Crippen molar-refractivity contribution >= 4 is 15.9 Å². The van der Waals surface area contributed by atoms with Crippen molar-refractivity contribution in [2.75, 3.05) is 13.3 Å². The van der Waals surface area contributed by atoms with Gasteiger partial charge in [-0.2, -0.15) is 0 Å². The number of ether oxygens (including phenoxy) is 2. The monoisotopic (exact) mass is 301 g/mol. The van der Waals surface area contributed by atoms with Gasteiger partial charge in [0.25, 0.3) is 0 Å². The van der Waals surface area contributed by atoms with E-state index in [1.54, 1.807) is 6.07 Å². The summed E-state index contributed by atoms with van der Waals surface area (Å²) >= 11 is 3.42. The van der Waals surface area contributed by atoms with E-state index in [0.717, 1.165) is 30.3 Å². The molecular formula is C12H13BrFNO2. The Morgan fingerprint density at radius 2 is 2.24 bits per heavy atom. The average Bonchev–Trinajstić information content (AvgIpc) is 2.78. The third kappa shape index (κ3) is 1.91. The van der Waals surface area contributed by atoms with Crippen LogP contribution in [0.1, 0.15) is 30.9 Å². The van der Waals surface area contributed by atoms with Gasteiger partial charge in [0.05, 0.1) is 0 Å². The second-order valence-corrected chi connectivity index (χ2v) is 5.18. The lowest BCUT2D eigenvalue weighted by molar-refractivity contribution is 0.170. The van der Waals surface area contributed by atoms with Gasteiger partial charge in [-0.05, 0) is 25.5 Å². The Kier molecular flexibility index (Phi) is 2.96. The Balaban J connectivity index is 2.03. The Morgan fingerprint density at radius 1 is 1.35 bits per heavy atom. The first-order valence-electron chi connectivity index (χ1n) is 5.78. The number of fused-ring (bicyclic) bond motifs is 1. The van der Waals surface area contributed by atoms with E-state index in [4.69, 9.17) is 9.47 Å². The van der Waals surface area contributed by atoms with Crippen molar-refractivity contribution in [2.45, 2.75) is 25.3 Å². The first kappa shape index (κ1) is 11.3. The van der Waals surface area contributed by atoms with E-state index in [2.05, 4.69) is 21.2 Å². The smallest absolute Gasteiger partial charge is 0.231 e. The number of rotatable bonds is 1. The number of benzene rings is 1. The molecule has 2 aliphatic rings. The highest BCUT2D eigenvalue weighted by Gasteiger charge is 2.28. The molecule has 3 rings (SSSR count). The first-order chi connectivity index (χ1) is 8.27. The average molecular weight is 302 g/mol. The van der Waals surface area contributed by atoms with Crippen LogP contribution in [0.2, 0.25) is 0 Å². The third-order valence-corrected chi connectivity index (χ3v) is 3.91. The zero-order chi connectivity index (χ0) is 11.8. The molecule has 1 atom stereocenters. The van der Waals surface area contributed by atoms with Crippen LogP contribution in [0.4, 0.5) is 4.39 Å². The predicted octanol–water partition coefficient (Wildman–Crippen LogP) is 3.13. The van der Waals surface area contributed by atoms with E-state index in [1.807, 2.05) is 0 Å². The molecule has 1 unspecified atom stereocenters. The van der Waals surface area contributed by atoms with Gasteiger partial charge in [0, 0.05) is 16.1 Å². The van der Waals surface area contributed by atoms with Crippen LogP contribution in [0.25, 0.3) is 0 Å². The Labute approximate surface area is 107 Å². The fourth-order valence-corrected chi connectivity index (χ4v) is 3.06. The lowest BCUT2D eigenvalue weighted by atomic mass is 9.96. The van der Waals surface area contributed by atoms with Gasteiger partial charge in [0.2, 0.25) is 12.5 Å². The summed E-state index contributed by atoms with van der Waals surface area (Å²) in [6, 6.07) is 1.85. The van der Waals surface area contributed by atoms with Gasteiger partial charge < -0.3 is 14.8 Å².